The second-order valence-corrected chi connectivity index (χ2v) is 17.0. The van der Waals surface area contributed by atoms with Gasteiger partial charge in [0.05, 0.1) is 61.3 Å². The number of rotatable bonds is 25. The van der Waals surface area contributed by atoms with Crippen molar-refractivity contribution < 1.29 is 43.2 Å². The van der Waals surface area contributed by atoms with Gasteiger partial charge in [0.1, 0.15) is 18.7 Å². The van der Waals surface area contributed by atoms with E-state index in [0.29, 0.717) is 32.8 Å². The minimum atomic E-state index is -0.949. The number of ether oxygens (including phenoxy) is 4. The molecule has 0 unspecified atom stereocenters. The molecule has 1 aliphatic rings. The normalized spacial score (nSPS) is 16.5. The molecular weight excluding hydrogens is 775 g/mol. The SMILES string of the molecule is Cc1ncsc1-c1ccc(CNC(=O)[C@@H]2C[C@@H](O)CN2C(=O)[C@@H](NC(=O)COCCOCCOCCCc2ccc(CO[C@H](C)CCCC(N)=O)cc2)C(C)(C)C)cc1. The number of likely N-dealkylation sites (tertiary alicyclic amines) is 1. The molecule has 0 saturated carbocycles. The topological polar surface area (TPSA) is 192 Å². The van der Waals surface area contributed by atoms with Crippen molar-refractivity contribution in [1.82, 2.24) is 20.5 Å². The molecule has 59 heavy (non-hydrogen) atoms. The van der Waals surface area contributed by atoms with E-state index in [1.54, 1.807) is 11.3 Å². The van der Waals surface area contributed by atoms with Crippen LogP contribution < -0.4 is 16.4 Å². The number of nitrogens with two attached hydrogens (primary N) is 1. The number of carbonyl (C=O) groups is 4. The Labute approximate surface area is 352 Å². The maximum absolute atomic E-state index is 13.9. The summed E-state index contributed by atoms with van der Waals surface area (Å²) in [6.07, 6.45) is 2.99. The molecule has 14 nitrogen and oxygen atoms in total. The fraction of sp³-hybridized carbons (Fsp3) is 0.568. The number of hydrogen-bond acceptors (Lipinski definition) is 11. The minimum Gasteiger partial charge on any atom is -0.391 e. The molecule has 0 radical (unpaired) electrons. The van der Waals surface area contributed by atoms with Crippen LogP contribution in [0.5, 0.6) is 0 Å². The van der Waals surface area contributed by atoms with Gasteiger partial charge in [0.15, 0.2) is 0 Å². The highest BCUT2D eigenvalue weighted by atomic mass is 32.1. The molecule has 15 heteroatoms. The summed E-state index contributed by atoms with van der Waals surface area (Å²) >= 11 is 1.57. The van der Waals surface area contributed by atoms with Crippen LogP contribution in [0.3, 0.4) is 0 Å². The van der Waals surface area contributed by atoms with Gasteiger partial charge in [-0.1, -0.05) is 69.3 Å². The van der Waals surface area contributed by atoms with Gasteiger partial charge in [0, 0.05) is 32.5 Å². The first-order valence-corrected chi connectivity index (χ1v) is 21.3. The Kier molecular flexibility index (Phi) is 19.4. The fourth-order valence-electron chi connectivity index (χ4n) is 6.65. The smallest absolute Gasteiger partial charge is 0.246 e. The summed E-state index contributed by atoms with van der Waals surface area (Å²) in [5.41, 5.74) is 11.6. The Morgan fingerprint density at radius 3 is 2.22 bits per heavy atom. The highest BCUT2D eigenvalue weighted by Gasteiger charge is 2.44. The molecule has 2 aromatic carbocycles. The monoisotopic (exact) mass is 837 g/mol. The highest BCUT2D eigenvalue weighted by molar-refractivity contribution is 7.13. The molecule has 4 amide bonds. The molecule has 1 fully saturated rings. The number of amides is 4. The van der Waals surface area contributed by atoms with Crippen molar-refractivity contribution in [3.63, 3.8) is 0 Å². The van der Waals surface area contributed by atoms with Crippen LogP contribution in [0.1, 0.15) is 82.2 Å². The summed E-state index contributed by atoms with van der Waals surface area (Å²) in [5.74, 6) is -1.55. The molecule has 4 atom stereocenters. The van der Waals surface area contributed by atoms with Crippen LogP contribution in [-0.2, 0) is 57.7 Å². The van der Waals surface area contributed by atoms with Crippen LogP contribution in [0.25, 0.3) is 10.4 Å². The van der Waals surface area contributed by atoms with Gasteiger partial charge in [-0.2, -0.15) is 0 Å². The Balaban J connectivity index is 1.08. The zero-order valence-corrected chi connectivity index (χ0v) is 36.0. The van der Waals surface area contributed by atoms with E-state index >= 15 is 0 Å². The van der Waals surface area contributed by atoms with E-state index in [-0.39, 0.29) is 57.2 Å². The number of β-amino-alcohol motifs (C(OH)–C–C–N with tert-alkyl or cyclic N) is 1. The second kappa shape index (κ2) is 24.1. The number of nitrogens with one attached hydrogen (secondary N) is 2. The highest BCUT2D eigenvalue weighted by Crippen LogP contribution is 2.28. The van der Waals surface area contributed by atoms with Crippen LogP contribution in [0.4, 0.5) is 0 Å². The van der Waals surface area contributed by atoms with E-state index in [4.69, 9.17) is 24.7 Å². The number of primary amides is 1. The number of aryl methyl sites for hydroxylation is 2. The average molecular weight is 838 g/mol. The van der Waals surface area contributed by atoms with Gasteiger partial charge in [-0.3, -0.25) is 19.2 Å². The first kappa shape index (κ1) is 47.4. The number of nitrogens with zero attached hydrogens (tertiary/aromatic N) is 2. The largest absolute Gasteiger partial charge is 0.391 e. The summed E-state index contributed by atoms with van der Waals surface area (Å²) in [5, 5.41) is 16.2. The predicted molar refractivity (Wildman–Crippen MR) is 226 cm³/mol. The third-order valence-electron chi connectivity index (χ3n) is 10.0. The van der Waals surface area contributed by atoms with Crippen molar-refractivity contribution in [3.8, 4) is 10.4 Å². The Bertz CT molecular complexity index is 1760. The van der Waals surface area contributed by atoms with Gasteiger partial charge in [-0.15, -0.1) is 11.3 Å². The maximum atomic E-state index is 13.9. The van der Waals surface area contributed by atoms with Gasteiger partial charge in [0.2, 0.25) is 23.6 Å². The van der Waals surface area contributed by atoms with Crippen molar-refractivity contribution in [2.45, 2.75) is 111 Å². The zero-order valence-electron chi connectivity index (χ0n) is 35.2. The van der Waals surface area contributed by atoms with Crippen molar-refractivity contribution >= 4 is 35.0 Å². The van der Waals surface area contributed by atoms with Crippen molar-refractivity contribution in [2.75, 3.05) is 46.2 Å². The van der Waals surface area contributed by atoms with E-state index in [2.05, 4.69) is 39.9 Å². The Hall–Kier alpha value is -4.25. The summed E-state index contributed by atoms with van der Waals surface area (Å²) in [7, 11) is 0. The maximum Gasteiger partial charge on any atom is 0.246 e. The van der Waals surface area contributed by atoms with Crippen molar-refractivity contribution in [1.29, 1.82) is 0 Å². The lowest BCUT2D eigenvalue weighted by molar-refractivity contribution is -0.144. The second-order valence-electron chi connectivity index (χ2n) is 16.1. The molecule has 0 bridgehead atoms. The quantitative estimate of drug-likeness (QED) is 0.0886. The number of aromatic nitrogens is 1. The van der Waals surface area contributed by atoms with Crippen molar-refractivity contribution in [2.24, 2.45) is 11.1 Å². The summed E-state index contributed by atoms with van der Waals surface area (Å²) in [4.78, 5) is 57.8. The number of hydrogen-bond donors (Lipinski definition) is 4. The summed E-state index contributed by atoms with van der Waals surface area (Å²) in [6.45, 7) is 11.9. The molecule has 0 spiro atoms. The lowest BCUT2D eigenvalue weighted by Gasteiger charge is -2.35. The fourth-order valence-corrected chi connectivity index (χ4v) is 7.47. The molecule has 1 saturated heterocycles. The van der Waals surface area contributed by atoms with E-state index < -0.39 is 35.4 Å². The average Bonchev–Trinajstić information content (AvgIpc) is 3.82. The molecule has 324 valence electrons. The molecule has 2 heterocycles. The van der Waals surface area contributed by atoms with Gasteiger partial charge in [-0.05, 0) is 67.2 Å². The third-order valence-corrected chi connectivity index (χ3v) is 11.0. The van der Waals surface area contributed by atoms with E-state index in [1.807, 2.05) is 64.4 Å². The van der Waals surface area contributed by atoms with Crippen LogP contribution in [0.2, 0.25) is 0 Å². The number of aliphatic hydroxyl groups excluding tert-OH is 1. The van der Waals surface area contributed by atoms with Crippen LogP contribution in [-0.4, -0.2) is 109 Å². The first-order chi connectivity index (χ1) is 28.2. The Morgan fingerprint density at radius 2 is 1.58 bits per heavy atom. The van der Waals surface area contributed by atoms with Crippen LogP contribution >= 0.6 is 11.3 Å². The molecule has 1 aliphatic heterocycles. The van der Waals surface area contributed by atoms with E-state index in [9.17, 15) is 24.3 Å². The van der Waals surface area contributed by atoms with Crippen LogP contribution in [0.15, 0.2) is 54.0 Å². The minimum absolute atomic E-state index is 0.00647. The molecule has 4 rings (SSSR count). The number of aliphatic hydroxyl groups is 1. The first-order valence-electron chi connectivity index (χ1n) is 20.5. The standard InChI is InChI=1S/C44H63N5O9S/c1-30(8-6-10-38(45)51)58-27-34-13-11-32(12-14-34)9-7-19-55-20-21-56-22-23-57-28-39(52)48-41(44(3,4)5)43(54)49-26-36(50)24-37(49)42(53)46-25-33-15-17-35(18-16-33)40-31(2)47-29-59-40/h11-18,29-30,36-37,41,50H,6-10,19-28H2,1-5H3,(H2,45,51)(H,46,53)(H,48,52)/t30-,36-,37+,41-/m1/s1. The summed E-state index contributed by atoms with van der Waals surface area (Å²) in [6, 6.07) is 14.4. The number of carbonyl (C=O) groups excluding carboxylic acids is 4. The number of benzene rings is 2. The number of thiazole rings is 1. The molecule has 3 aromatic rings. The van der Waals surface area contributed by atoms with Gasteiger partial charge in [0.25, 0.3) is 0 Å². The van der Waals surface area contributed by atoms with E-state index in [1.165, 1.54) is 10.5 Å². The molecule has 5 N–H and O–H groups in total. The van der Waals surface area contributed by atoms with Crippen LogP contribution in [0, 0.1) is 12.3 Å². The van der Waals surface area contributed by atoms with Gasteiger partial charge < -0.3 is 45.3 Å². The lowest BCUT2D eigenvalue weighted by atomic mass is 9.85. The molecule has 1 aromatic heterocycles. The Morgan fingerprint density at radius 1 is 0.932 bits per heavy atom. The van der Waals surface area contributed by atoms with Gasteiger partial charge in [-0.25, -0.2) is 4.98 Å². The molecule has 0 aliphatic carbocycles. The third kappa shape index (κ3) is 16.4. The van der Waals surface area contributed by atoms with E-state index in [0.717, 1.165) is 52.9 Å². The summed E-state index contributed by atoms with van der Waals surface area (Å²) < 4.78 is 22.7. The van der Waals surface area contributed by atoms with Crippen molar-refractivity contribution in [3.05, 3.63) is 76.4 Å². The van der Waals surface area contributed by atoms with Gasteiger partial charge >= 0.3 is 0 Å². The predicted octanol–water partition coefficient (Wildman–Crippen LogP) is 4.47. The zero-order chi connectivity index (χ0) is 42.8. The lowest BCUT2D eigenvalue weighted by Crippen LogP contribution is -2.58. The molecular formula is C44H63N5O9S.